The standard InChI is InChI=1S/C63H105N2O7P/c1-7-10-13-16-19-22-25-27-29-31-32-34-36-38-41-44-47-50-53-56-63(67)72-61(54-51-48-45-42-39-24-21-18-15-12-9-3)60(59-71-73(68,69)70-58-57-65(4,5)6)64-62(66)55-52-49-46-43-40-37-35-33-30-28-26-23-20-17-14-11-8-2/h11,14,17,19-20,22-23,26-30,32-35,37-38,40-41,51,54,60-61H,7-10,12-13,15-16,18,21,24-25,31,36,39,42-50,52-53,55-59H2,1-6H3,(H-,64,66,68,69)/p+1/b14-11-,20-17+,22-19-,26-23+,29-27-,30-28-,34-32-,35-33+,40-37+,41-38-,54-51+. The van der Waals surface area contributed by atoms with E-state index in [1.165, 1.54) is 70.6 Å². The molecule has 414 valence electrons. The second kappa shape index (κ2) is 51.6. The molecule has 0 aromatic heterocycles. The Balaban J connectivity index is 5.48. The fourth-order valence-electron chi connectivity index (χ4n) is 7.31. The van der Waals surface area contributed by atoms with Crippen LogP contribution in [0.3, 0.4) is 0 Å². The van der Waals surface area contributed by atoms with E-state index in [-0.39, 0.29) is 37.9 Å². The summed E-state index contributed by atoms with van der Waals surface area (Å²) < 4.78 is 30.5. The van der Waals surface area contributed by atoms with Crippen molar-refractivity contribution in [2.45, 2.75) is 213 Å². The lowest BCUT2D eigenvalue weighted by Crippen LogP contribution is -2.47. The predicted octanol–water partition coefficient (Wildman–Crippen LogP) is 17.3. The van der Waals surface area contributed by atoms with Crippen LogP contribution in [0, 0.1) is 0 Å². The van der Waals surface area contributed by atoms with Crippen molar-refractivity contribution >= 4 is 19.7 Å². The number of carbonyl (C=O) groups excluding carboxylic acids is 2. The summed E-state index contributed by atoms with van der Waals surface area (Å²) in [5.74, 6) is -0.606. The van der Waals surface area contributed by atoms with E-state index in [1.807, 2.05) is 94.1 Å². The number of phosphoric acid groups is 1. The van der Waals surface area contributed by atoms with Gasteiger partial charge in [0, 0.05) is 12.8 Å². The van der Waals surface area contributed by atoms with Gasteiger partial charge in [-0.3, -0.25) is 18.6 Å². The van der Waals surface area contributed by atoms with E-state index in [0.29, 0.717) is 23.9 Å². The van der Waals surface area contributed by atoms with Gasteiger partial charge in [0.05, 0.1) is 33.8 Å². The van der Waals surface area contributed by atoms with Crippen LogP contribution >= 0.6 is 7.82 Å². The molecule has 0 saturated carbocycles. The summed E-state index contributed by atoms with van der Waals surface area (Å²) in [6, 6.07) is -0.894. The number of hydrogen-bond donors (Lipinski definition) is 2. The number of nitrogens with zero attached hydrogens (tertiary/aromatic N) is 1. The second-order valence-corrected chi connectivity index (χ2v) is 21.3. The molecular weight excluding hydrogens is 928 g/mol. The van der Waals surface area contributed by atoms with Crippen LogP contribution in [-0.4, -0.2) is 74.3 Å². The lowest BCUT2D eigenvalue weighted by molar-refractivity contribution is -0.870. The number of esters is 1. The summed E-state index contributed by atoms with van der Waals surface area (Å²) >= 11 is 0. The highest BCUT2D eigenvalue weighted by Gasteiger charge is 2.30. The number of ether oxygens (including phenoxy) is 1. The molecule has 0 saturated heterocycles. The second-order valence-electron chi connectivity index (χ2n) is 19.9. The lowest BCUT2D eigenvalue weighted by Gasteiger charge is -2.27. The van der Waals surface area contributed by atoms with Crippen molar-refractivity contribution in [2.75, 3.05) is 40.9 Å². The van der Waals surface area contributed by atoms with Crippen LogP contribution in [0.2, 0.25) is 0 Å². The van der Waals surface area contributed by atoms with Crippen molar-refractivity contribution in [1.82, 2.24) is 5.32 Å². The first-order chi connectivity index (χ1) is 35.4. The van der Waals surface area contributed by atoms with Crippen molar-refractivity contribution in [3.8, 4) is 0 Å². The molecule has 0 radical (unpaired) electrons. The van der Waals surface area contributed by atoms with Gasteiger partial charge in [0.15, 0.2) is 0 Å². The average Bonchev–Trinajstić information content (AvgIpc) is 3.35. The zero-order valence-electron chi connectivity index (χ0n) is 47.1. The minimum atomic E-state index is -4.47. The van der Waals surface area contributed by atoms with Gasteiger partial charge in [-0.15, -0.1) is 0 Å². The fraction of sp³-hybridized carbons (Fsp3) is 0.619. The summed E-state index contributed by atoms with van der Waals surface area (Å²) in [6.45, 7) is 6.74. The molecule has 3 unspecified atom stereocenters. The highest BCUT2D eigenvalue weighted by atomic mass is 31.2. The van der Waals surface area contributed by atoms with Crippen LogP contribution in [0.15, 0.2) is 134 Å². The number of rotatable bonds is 49. The Bertz CT molecular complexity index is 1710. The minimum Gasteiger partial charge on any atom is -0.456 e. The Hall–Kier alpha value is -3.85. The van der Waals surface area contributed by atoms with E-state index in [9.17, 15) is 19.0 Å². The molecule has 1 amide bonds. The Morgan fingerprint density at radius 2 is 0.932 bits per heavy atom. The fourth-order valence-corrected chi connectivity index (χ4v) is 8.04. The van der Waals surface area contributed by atoms with E-state index in [0.717, 1.165) is 83.5 Å². The lowest BCUT2D eigenvalue weighted by atomic mass is 10.1. The molecule has 9 nitrogen and oxygen atoms in total. The van der Waals surface area contributed by atoms with Crippen LogP contribution in [0.1, 0.15) is 201 Å². The van der Waals surface area contributed by atoms with E-state index >= 15 is 0 Å². The zero-order valence-corrected chi connectivity index (χ0v) is 48.0. The summed E-state index contributed by atoms with van der Waals surface area (Å²) in [5.41, 5.74) is 0. The molecule has 0 aliphatic rings. The maximum Gasteiger partial charge on any atom is 0.472 e. The number of nitrogens with one attached hydrogen (secondary N) is 1. The monoisotopic (exact) mass is 1030 g/mol. The Kier molecular flexibility index (Phi) is 48.9. The largest absolute Gasteiger partial charge is 0.472 e. The summed E-state index contributed by atoms with van der Waals surface area (Å²) in [5, 5.41) is 3.01. The molecule has 0 fully saturated rings. The molecule has 3 atom stereocenters. The van der Waals surface area contributed by atoms with Crippen molar-refractivity contribution in [3.05, 3.63) is 134 Å². The van der Waals surface area contributed by atoms with Gasteiger partial charge in [-0.25, -0.2) is 4.57 Å². The number of hydrogen-bond acceptors (Lipinski definition) is 6. The molecule has 0 rings (SSSR count). The Labute approximate surface area is 447 Å². The molecule has 0 heterocycles. The van der Waals surface area contributed by atoms with E-state index in [1.54, 1.807) is 0 Å². The number of allylic oxidation sites excluding steroid dienone is 21. The number of amides is 1. The first-order valence-corrected chi connectivity index (χ1v) is 30.1. The highest BCUT2D eigenvalue weighted by Crippen LogP contribution is 2.43. The molecular formula is C63H106N2O7P+. The van der Waals surface area contributed by atoms with Crippen molar-refractivity contribution in [2.24, 2.45) is 0 Å². The number of likely N-dealkylation sites (N-methyl/N-ethyl adjacent to an activating group) is 1. The summed E-state index contributed by atoms with van der Waals surface area (Å²) in [4.78, 5) is 37.6. The molecule has 10 heteroatoms. The third kappa shape index (κ3) is 52.8. The molecule has 0 aromatic carbocycles. The normalized spacial score (nSPS) is 14.8. The molecule has 0 aliphatic heterocycles. The van der Waals surface area contributed by atoms with Crippen LogP contribution in [0.5, 0.6) is 0 Å². The number of unbranched alkanes of at least 4 members (excludes halogenated alkanes) is 18. The molecule has 0 aromatic rings. The van der Waals surface area contributed by atoms with Crippen molar-refractivity contribution < 1.29 is 37.3 Å². The summed E-state index contributed by atoms with van der Waals surface area (Å²) in [6.07, 6.45) is 73.1. The number of carbonyl (C=O) groups is 2. The maximum atomic E-state index is 13.5. The van der Waals surface area contributed by atoms with E-state index in [2.05, 4.69) is 86.8 Å². The quantitative estimate of drug-likeness (QED) is 0.0156. The SMILES string of the molecule is CC\C=C/C=C/C=C/C=C\C=C\C=C\CCCCCC(=O)NC(COP(=O)(O)OCC[N+](C)(C)C)C(/C=C/CCCCCCCCCCC)OC(=O)CCCCC/C=C\C/C=C\C/C=C\C/C=C\CCCCC. The molecule has 0 bridgehead atoms. The van der Waals surface area contributed by atoms with E-state index in [4.69, 9.17) is 13.8 Å². The smallest absolute Gasteiger partial charge is 0.456 e. The van der Waals surface area contributed by atoms with Crippen LogP contribution in [0.25, 0.3) is 0 Å². The maximum absolute atomic E-state index is 13.5. The van der Waals surface area contributed by atoms with Gasteiger partial charge in [-0.2, -0.15) is 0 Å². The van der Waals surface area contributed by atoms with E-state index < -0.39 is 20.0 Å². The molecule has 73 heavy (non-hydrogen) atoms. The van der Waals surface area contributed by atoms with Crippen LogP contribution in [-0.2, 0) is 27.9 Å². The first kappa shape index (κ1) is 69.2. The van der Waals surface area contributed by atoms with Crippen LogP contribution < -0.4 is 5.32 Å². The van der Waals surface area contributed by atoms with Gasteiger partial charge in [-0.1, -0.05) is 225 Å². The van der Waals surface area contributed by atoms with Crippen molar-refractivity contribution in [1.29, 1.82) is 0 Å². The zero-order chi connectivity index (χ0) is 53.6. The van der Waals surface area contributed by atoms with Gasteiger partial charge in [0.2, 0.25) is 5.91 Å². The van der Waals surface area contributed by atoms with Gasteiger partial charge in [0.25, 0.3) is 0 Å². The molecule has 0 spiro atoms. The van der Waals surface area contributed by atoms with Gasteiger partial charge >= 0.3 is 13.8 Å². The topological polar surface area (TPSA) is 111 Å². The van der Waals surface area contributed by atoms with Gasteiger partial charge in [-0.05, 0) is 96.0 Å². The van der Waals surface area contributed by atoms with Crippen molar-refractivity contribution in [3.63, 3.8) is 0 Å². The predicted molar refractivity (Wildman–Crippen MR) is 313 cm³/mol. The number of phosphoric ester groups is 1. The van der Waals surface area contributed by atoms with Gasteiger partial charge in [0.1, 0.15) is 19.3 Å². The third-order valence-corrected chi connectivity index (χ3v) is 12.7. The summed E-state index contributed by atoms with van der Waals surface area (Å²) in [7, 11) is 1.42. The molecule has 2 N–H and O–H groups in total. The van der Waals surface area contributed by atoms with Gasteiger partial charge < -0.3 is 19.4 Å². The Morgan fingerprint density at radius 3 is 1.47 bits per heavy atom. The highest BCUT2D eigenvalue weighted by molar-refractivity contribution is 7.47. The average molecular weight is 1030 g/mol. The number of quaternary nitrogens is 1. The third-order valence-electron chi connectivity index (χ3n) is 11.7. The minimum absolute atomic E-state index is 0.0174. The molecule has 0 aliphatic carbocycles. The first-order valence-electron chi connectivity index (χ1n) is 28.6. The Morgan fingerprint density at radius 1 is 0.507 bits per heavy atom. The van der Waals surface area contributed by atoms with Crippen LogP contribution in [0.4, 0.5) is 0 Å².